The number of carbonyl (C=O) groups is 1. The Hall–Kier alpha value is -0.610. The third kappa shape index (κ3) is 17.4. The monoisotopic (exact) mass is 316 g/mol. The van der Waals surface area contributed by atoms with E-state index >= 15 is 0 Å². The normalized spacial score (nSPS) is 12.5. The number of aliphatic hydroxyl groups excluding tert-OH is 2. The van der Waals surface area contributed by atoms with E-state index < -0.39 is 5.97 Å². The molecule has 0 unspecified atom stereocenters. The van der Waals surface area contributed by atoms with Crippen LogP contribution in [-0.2, 0) is 4.79 Å². The average Bonchev–Trinajstić information content (AvgIpc) is 2.48. The first-order chi connectivity index (χ1) is 10.7. The van der Waals surface area contributed by atoms with Gasteiger partial charge >= 0.3 is 5.97 Å². The molecule has 0 aromatic rings. The Morgan fingerprint density at radius 2 is 1.09 bits per heavy atom. The molecule has 0 amide bonds. The average molecular weight is 316 g/mol. The Labute approximate surface area is 135 Å². The summed E-state index contributed by atoms with van der Waals surface area (Å²) in [6, 6.07) is 0. The predicted molar refractivity (Wildman–Crippen MR) is 90.0 cm³/mol. The molecule has 0 fully saturated rings. The zero-order valence-corrected chi connectivity index (χ0v) is 14.1. The first-order valence-corrected chi connectivity index (χ1v) is 9.17. The van der Waals surface area contributed by atoms with Gasteiger partial charge in [0, 0.05) is 13.0 Å². The number of hydrogen-bond acceptors (Lipinski definition) is 3. The van der Waals surface area contributed by atoms with Crippen LogP contribution in [0, 0.1) is 0 Å². The molecule has 0 aliphatic rings. The molecule has 0 saturated heterocycles. The van der Waals surface area contributed by atoms with Crippen LogP contribution in [0.4, 0.5) is 0 Å². The molecule has 0 radical (unpaired) electrons. The van der Waals surface area contributed by atoms with Crippen molar-refractivity contribution in [3.05, 3.63) is 0 Å². The van der Waals surface area contributed by atoms with Gasteiger partial charge in [0.2, 0.25) is 0 Å². The van der Waals surface area contributed by atoms with Crippen molar-refractivity contribution in [1.29, 1.82) is 0 Å². The summed E-state index contributed by atoms with van der Waals surface area (Å²) >= 11 is 0. The van der Waals surface area contributed by atoms with E-state index in [0.717, 1.165) is 70.6 Å². The van der Waals surface area contributed by atoms with Crippen molar-refractivity contribution >= 4 is 5.97 Å². The number of rotatable bonds is 17. The summed E-state index contributed by atoms with van der Waals surface area (Å²) in [5.41, 5.74) is 0. The molecule has 0 bridgehead atoms. The summed E-state index contributed by atoms with van der Waals surface area (Å²) < 4.78 is 0. The smallest absolute Gasteiger partial charge is 0.303 e. The first kappa shape index (κ1) is 21.4. The molecular formula is C18H36O4. The Balaban J connectivity index is 3.15. The van der Waals surface area contributed by atoms with Gasteiger partial charge in [-0.25, -0.2) is 0 Å². The maximum Gasteiger partial charge on any atom is 0.303 e. The fourth-order valence-corrected chi connectivity index (χ4v) is 2.71. The molecule has 3 N–H and O–H groups in total. The van der Waals surface area contributed by atoms with Gasteiger partial charge in [-0.05, 0) is 25.7 Å². The maximum absolute atomic E-state index is 10.3. The first-order valence-electron chi connectivity index (χ1n) is 9.17. The molecule has 0 aliphatic heterocycles. The van der Waals surface area contributed by atoms with E-state index in [1.165, 1.54) is 19.3 Å². The predicted octanol–water partition coefficient (Wildman–Crippen LogP) is 4.28. The number of aliphatic carboxylic acids is 1. The Kier molecular flexibility index (Phi) is 16.3. The number of carboxylic acids is 1. The number of hydrogen-bond donors (Lipinski definition) is 3. The standard InChI is InChI=1S/C18H36O4/c19-16-12-8-4-3-6-10-14-17(20)13-9-5-1-2-7-11-15-18(21)22/h17,19-20H,1-16H2,(H,21,22)/t17-/m1/s1. The highest BCUT2D eigenvalue weighted by Gasteiger charge is 2.04. The summed E-state index contributed by atoms with van der Waals surface area (Å²) in [6.07, 6.45) is 15.0. The van der Waals surface area contributed by atoms with Crippen LogP contribution in [0.3, 0.4) is 0 Å². The van der Waals surface area contributed by atoms with Crippen LogP contribution in [0.1, 0.15) is 96.3 Å². The fourth-order valence-electron chi connectivity index (χ4n) is 2.71. The molecule has 4 heteroatoms. The second kappa shape index (κ2) is 16.8. The molecule has 0 rings (SSSR count). The van der Waals surface area contributed by atoms with Crippen molar-refractivity contribution in [2.24, 2.45) is 0 Å². The van der Waals surface area contributed by atoms with Crippen LogP contribution in [0.25, 0.3) is 0 Å². The molecule has 1 atom stereocenters. The maximum atomic E-state index is 10.3. The fraction of sp³-hybridized carbons (Fsp3) is 0.944. The summed E-state index contributed by atoms with van der Waals surface area (Å²) in [5, 5.41) is 27.1. The molecule has 22 heavy (non-hydrogen) atoms. The third-order valence-corrected chi connectivity index (χ3v) is 4.12. The van der Waals surface area contributed by atoms with E-state index in [-0.39, 0.29) is 6.10 Å². The van der Waals surface area contributed by atoms with Crippen molar-refractivity contribution in [2.75, 3.05) is 6.61 Å². The van der Waals surface area contributed by atoms with Crippen LogP contribution < -0.4 is 0 Å². The van der Waals surface area contributed by atoms with Crippen LogP contribution >= 0.6 is 0 Å². The Bertz CT molecular complexity index is 243. The Morgan fingerprint density at radius 3 is 1.55 bits per heavy atom. The van der Waals surface area contributed by atoms with E-state index in [1.807, 2.05) is 0 Å². The number of carboxylic acid groups (broad SMARTS) is 1. The van der Waals surface area contributed by atoms with Crippen LogP contribution in [0.15, 0.2) is 0 Å². The van der Waals surface area contributed by atoms with Gasteiger partial charge in [-0.3, -0.25) is 4.79 Å². The van der Waals surface area contributed by atoms with Gasteiger partial charge in [0.25, 0.3) is 0 Å². The van der Waals surface area contributed by atoms with Crippen LogP contribution in [-0.4, -0.2) is 34.0 Å². The molecule has 0 spiro atoms. The quantitative estimate of drug-likeness (QED) is 0.350. The van der Waals surface area contributed by atoms with Crippen molar-refractivity contribution in [1.82, 2.24) is 0 Å². The topological polar surface area (TPSA) is 77.8 Å². The van der Waals surface area contributed by atoms with E-state index in [0.29, 0.717) is 13.0 Å². The van der Waals surface area contributed by atoms with Gasteiger partial charge in [0.1, 0.15) is 0 Å². The highest BCUT2D eigenvalue weighted by atomic mass is 16.4. The minimum atomic E-state index is -0.698. The SMILES string of the molecule is O=C(O)CCCCCCCC[C@@H](O)CCCCCCCCO. The van der Waals surface area contributed by atoms with Gasteiger partial charge in [-0.1, -0.05) is 64.2 Å². The minimum absolute atomic E-state index is 0.149. The van der Waals surface area contributed by atoms with Gasteiger partial charge in [0.05, 0.1) is 6.10 Å². The highest BCUT2D eigenvalue weighted by molar-refractivity contribution is 5.66. The van der Waals surface area contributed by atoms with Crippen molar-refractivity contribution < 1.29 is 20.1 Å². The van der Waals surface area contributed by atoms with E-state index in [1.54, 1.807) is 0 Å². The lowest BCUT2D eigenvalue weighted by molar-refractivity contribution is -0.137. The molecule has 0 aromatic heterocycles. The molecule has 4 nitrogen and oxygen atoms in total. The third-order valence-electron chi connectivity index (χ3n) is 4.12. The van der Waals surface area contributed by atoms with E-state index in [9.17, 15) is 9.90 Å². The summed E-state index contributed by atoms with van der Waals surface area (Å²) in [7, 11) is 0. The molecule has 0 heterocycles. The summed E-state index contributed by atoms with van der Waals surface area (Å²) in [4.78, 5) is 10.3. The van der Waals surface area contributed by atoms with Gasteiger partial charge in [-0.2, -0.15) is 0 Å². The van der Waals surface area contributed by atoms with Crippen LogP contribution in [0.5, 0.6) is 0 Å². The van der Waals surface area contributed by atoms with Crippen molar-refractivity contribution in [2.45, 2.75) is 102 Å². The second-order valence-corrected chi connectivity index (χ2v) is 6.34. The number of unbranched alkanes of at least 4 members (excludes halogenated alkanes) is 10. The Morgan fingerprint density at radius 1 is 0.682 bits per heavy atom. The molecule has 0 saturated carbocycles. The molecular weight excluding hydrogens is 280 g/mol. The van der Waals surface area contributed by atoms with E-state index in [2.05, 4.69) is 0 Å². The highest BCUT2D eigenvalue weighted by Crippen LogP contribution is 2.14. The molecule has 0 aromatic carbocycles. The summed E-state index contributed by atoms with van der Waals surface area (Å²) in [5.74, 6) is -0.698. The zero-order chi connectivity index (χ0) is 16.5. The van der Waals surface area contributed by atoms with Gasteiger partial charge in [0.15, 0.2) is 0 Å². The lowest BCUT2D eigenvalue weighted by Gasteiger charge is -2.10. The molecule has 0 aliphatic carbocycles. The summed E-state index contributed by atoms with van der Waals surface area (Å²) in [6.45, 7) is 0.304. The van der Waals surface area contributed by atoms with Gasteiger partial charge < -0.3 is 15.3 Å². The molecule has 132 valence electrons. The number of aliphatic hydroxyl groups is 2. The second-order valence-electron chi connectivity index (χ2n) is 6.34. The van der Waals surface area contributed by atoms with Crippen LogP contribution in [0.2, 0.25) is 0 Å². The van der Waals surface area contributed by atoms with Crippen molar-refractivity contribution in [3.8, 4) is 0 Å². The minimum Gasteiger partial charge on any atom is -0.481 e. The zero-order valence-electron chi connectivity index (χ0n) is 14.1. The van der Waals surface area contributed by atoms with E-state index in [4.69, 9.17) is 10.2 Å². The van der Waals surface area contributed by atoms with Crippen molar-refractivity contribution in [3.63, 3.8) is 0 Å². The van der Waals surface area contributed by atoms with Gasteiger partial charge in [-0.15, -0.1) is 0 Å². The largest absolute Gasteiger partial charge is 0.481 e. The lowest BCUT2D eigenvalue weighted by atomic mass is 10.0. The lowest BCUT2D eigenvalue weighted by Crippen LogP contribution is -2.05.